The highest BCUT2D eigenvalue weighted by atomic mass is 16.3. The minimum atomic E-state index is 0.148. The van der Waals surface area contributed by atoms with Crippen molar-refractivity contribution in [2.24, 2.45) is 0 Å². The highest BCUT2D eigenvalue weighted by Crippen LogP contribution is 2.43. The number of hydrogen-bond donors (Lipinski definition) is 0. The van der Waals surface area contributed by atoms with Gasteiger partial charge < -0.3 is 13.7 Å². The number of benzene rings is 8. The summed E-state index contributed by atoms with van der Waals surface area (Å²) in [5.74, 6) is 0. The number of rotatable bonds is 7. The van der Waals surface area contributed by atoms with E-state index in [2.05, 4.69) is 205 Å². The van der Waals surface area contributed by atoms with E-state index in [1.54, 1.807) is 0 Å². The van der Waals surface area contributed by atoms with Crippen LogP contribution in [0.15, 0.2) is 221 Å². The number of nitrogens with zero attached hydrogens (tertiary/aromatic N) is 1. The van der Waals surface area contributed by atoms with Crippen LogP contribution in [0, 0.1) is 0 Å². The second-order valence-corrected chi connectivity index (χ2v) is 16.3. The van der Waals surface area contributed by atoms with Crippen LogP contribution < -0.4 is 4.90 Å². The van der Waals surface area contributed by atoms with E-state index in [1.807, 2.05) is 6.07 Å². The molecule has 0 N–H and O–H groups in total. The molecule has 2 heterocycles. The SMILES string of the molecule is C1=CC(N(C2=CC=C(c3cccc4oc5ccccc5c34)CC2)c2cccc(-c3ccccc3)c2)CC=C1c1ccc2c(c1)oc1c3ccccc3c(-c3ccccc3)cc21. The lowest BCUT2D eigenvalue weighted by Crippen LogP contribution is -2.34. The summed E-state index contributed by atoms with van der Waals surface area (Å²) in [5.41, 5.74) is 16.1. The van der Waals surface area contributed by atoms with E-state index >= 15 is 0 Å². The third-order valence-electron chi connectivity index (χ3n) is 12.7. The molecule has 290 valence electrons. The minimum Gasteiger partial charge on any atom is -0.456 e. The Morgan fingerprint density at radius 2 is 1.20 bits per heavy atom. The summed E-state index contributed by atoms with van der Waals surface area (Å²) in [5, 5.41) is 6.99. The van der Waals surface area contributed by atoms with Gasteiger partial charge in [-0.1, -0.05) is 158 Å². The predicted molar refractivity (Wildman–Crippen MR) is 256 cm³/mol. The monoisotopic (exact) mass is 783 g/mol. The second kappa shape index (κ2) is 14.6. The molecule has 2 aromatic heterocycles. The van der Waals surface area contributed by atoms with Crippen LogP contribution in [0.5, 0.6) is 0 Å². The lowest BCUT2D eigenvalue weighted by atomic mass is 9.90. The van der Waals surface area contributed by atoms with Crippen LogP contribution in [-0.4, -0.2) is 6.04 Å². The smallest absolute Gasteiger partial charge is 0.143 e. The van der Waals surface area contributed by atoms with Crippen molar-refractivity contribution < 1.29 is 8.83 Å². The molecule has 0 amide bonds. The summed E-state index contributed by atoms with van der Waals surface area (Å²) in [4.78, 5) is 2.56. The average Bonchev–Trinajstić information content (AvgIpc) is 3.91. The average molecular weight is 784 g/mol. The van der Waals surface area contributed by atoms with Gasteiger partial charge in [-0.05, 0) is 118 Å². The second-order valence-electron chi connectivity index (χ2n) is 16.3. The molecule has 10 aromatic rings. The fourth-order valence-corrected chi connectivity index (χ4v) is 9.78. The van der Waals surface area contributed by atoms with Crippen molar-refractivity contribution >= 4 is 71.5 Å². The molecule has 0 saturated carbocycles. The summed E-state index contributed by atoms with van der Waals surface area (Å²) in [6.45, 7) is 0. The molecule has 0 saturated heterocycles. The third-order valence-corrected chi connectivity index (χ3v) is 12.7. The maximum Gasteiger partial charge on any atom is 0.143 e. The lowest BCUT2D eigenvalue weighted by molar-refractivity contribution is 0.669. The van der Waals surface area contributed by atoms with E-state index in [1.165, 1.54) is 66.5 Å². The summed E-state index contributed by atoms with van der Waals surface area (Å²) in [7, 11) is 0. The quantitative estimate of drug-likeness (QED) is 0.161. The standard InChI is InChI=1S/C58H41NO2/c1-3-13-38(14-4-1)42-17-11-18-46(35-42)59(45-32-27-41(28-33-45)47-22-12-24-55-57(47)51-21-9-10-23-54(51)60-55)44-30-25-39(26-31-44)43-29-34-49-53-37-52(40-15-5-2-6-16-40)48-19-7-8-20-50(48)58(53)61-56(49)36-43/h1-27,29-30,32,34-37,44H,28,31,33H2. The maximum absolute atomic E-state index is 6.74. The molecule has 1 atom stereocenters. The Morgan fingerprint density at radius 3 is 2.00 bits per heavy atom. The molecule has 0 bridgehead atoms. The first-order chi connectivity index (χ1) is 30.2. The third kappa shape index (κ3) is 6.12. The molecule has 0 spiro atoms. The highest BCUT2D eigenvalue weighted by molar-refractivity contribution is 6.19. The zero-order chi connectivity index (χ0) is 40.3. The van der Waals surface area contributed by atoms with E-state index in [9.17, 15) is 0 Å². The van der Waals surface area contributed by atoms with Crippen molar-refractivity contribution in [3.05, 3.63) is 223 Å². The predicted octanol–water partition coefficient (Wildman–Crippen LogP) is 16.0. The van der Waals surface area contributed by atoms with Gasteiger partial charge >= 0.3 is 0 Å². The first-order valence-electron chi connectivity index (χ1n) is 21.3. The van der Waals surface area contributed by atoms with Crippen molar-refractivity contribution in [2.45, 2.75) is 25.3 Å². The van der Waals surface area contributed by atoms with Crippen molar-refractivity contribution in [3.63, 3.8) is 0 Å². The van der Waals surface area contributed by atoms with Crippen LogP contribution in [0.2, 0.25) is 0 Å². The maximum atomic E-state index is 6.74. The van der Waals surface area contributed by atoms with Crippen LogP contribution in [0.4, 0.5) is 5.69 Å². The van der Waals surface area contributed by atoms with Crippen LogP contribution in [0.1, 0.15) is 30.4 Å². The highest BCUT2D eigenvalue weighted by Gasteiger charge is 2.25. The van der Waals surface area contributed by atoms with Gasteiger partial charge in [0.25, 0.3) is 0 Å². The molecule has 0 fully saturated rings. The summed E-state index contributed by atoms with van der Waals surface area (Å²) in [6.07, 6.45) is 14.5. The number of hydrogen-bond acceptors (Lipinski definition) is 3. The van der Waals surface area contributed by atoms with Crippen LogP contribution in [0.25, 0.3) is 88.0 Å². The molecule has 12 rings (SSSR count). The van der Waals surface area contributed by atoms with Crippen molar-refractivity contribution in [1.82, 2.24) is 0 Å². The largest absolute Gasteiger partial charge is 0.456 e. The summed E-state index contributed by atoms with van der Waals surface area (Å²) >= 11 is 0. The number of anilines is 1. The molecule has 1 unspecified atom stereocenters. The molecular weight excluding hydrogens is 743 g/mol. The van der Waals surface area contributed by atoms with Crippen LogP contribution in [0.3, 0.4) is 0 Å². The van der Waals surface area contributed by atoms with Crippen molar-refractivity contribution in [1.29, 1.82) is 0 Å². The fourth-order valence-electron chi connectivity index (χ4n) is 9.78. The van der Waals surface area contributed by atoms with Gasteiger partial charge in [0, 0.05) is 38.3 Å². The molecule has 8 aromatic carbocycles. The van der Waals surface area contributed by atoms with Gasteiger partial charge in [-0.15, -0.1) is 0 Å². The molecule has 3 heteroatoms. The topological polar surface area (TPSA) is 29.5 Å². The fraction of sp³-hybridized carbons (Fsp3) is 0.0690. The Hall–Kier alpha value is -7.62. The first kappa shape index (κ1) is 35.3. The summed E-state index contributed by atoms with van der Waals surface area (Å²) < 4.78 is 13.0. The van der Waals surface area contributed by atoms with Gasteiger partial charge in [0.1, 0.15) is 22.3 Å². The zero-order valence-corrected chi connectivity index (χ0v) is 33.6. The zero-order valence-electron chi connectivity index (χ0n) is 33.6. The number of furan rings is 2. The number of allylic oxidation sites excluding steroid dienone is 6. The van der Waals surface area contributed by atoms with Crippen molar-refractivity contribution in [2.75, 3.05) is 4.90 Å². The van der Waals surface area contributed by atoms with E-state index in [0.29, 0.717) is 0 Å². The van der Waals surface area contributed by atoms with Gasteiger partial charge in [0.2, 0.25) is 0 Å². The van der Waals surface area contributed by atoms with Crippen LogP contribution >= 0.6 is 0 Å². The Morgan fingerprint density at radius 1 is 0.459 bits per heavy atom. The van der Waals surface area contributed by atoms with Crippen LogP contribution in [-0.2, 0) is 0 Å². The molecule has 2 aliphatic carbocycles. The summed E-state index contributed by atoms with van der Waals surface area (Å²) in [6, 6.07) is 63.0. The molecular formula is C58H41NO2. The van der Waals surface area contributed by atoms with E-state index in [-0.39, 0.29) is 6.04 Å². The first-order valence-corrected chi connectivity index (χ1v) is 21.3. The van der Waals surface area contributed by atoms with Gasteiger partial charge in [0.05, 0.1) is 6.04 Å². The van der Waals surface area contributed by atoms with E-state index < -0.39 is 0 Å². The number of para-hydroxylation sites is 1. The number of fused-ring (bicyclic) bond motifs is 8. The Labute approximate surface area is 354 Å². The molecule has 61 heavy (non-hydrogen) atoms. The normalized spacial score (nSPS) is 15.4. The van der Waals surface area contributed by atoms with E-state index in [4.69, 9.17) is 8.83 Å². The molecule has 2 aliphatic rings. The van der Waals surface area contributed by atoms with Crippen molar-refractivity contribution in [3.8, 4) is 22.3 Å². The minimum absolute atomic E-state index is 0.148. The Kier molecular flexibility index (Phi) is 8.45. The van der Waals surface area contributed by atoms with Gasteiger partial charge in [-0.25, -0.2) is 0 Å². The Bertz CT molecular complexity index is 3450. The van der Waals surface area contributed by atoms with E-state index in [0.717, 1.165) is 63.3 Å². The molecule has 3 nitrogen and oxygen atoms in total. The van der Waals surface area contributed by atoms with Gasteiger partial charge in [0.15, 0.2) is 0 Å². The van der Waals surface area contributed by atoms with Gasteiger partial charge in [-0.2, -0.15) is 0 Å². The lowest BCUT2D eigenvalue weighted by Gasteiger charge is -2.36. The molecule has 0 radical (unpaired) electrons. The van der Waals surface area contributed by atoms with Gasteiger partial charge in [-0.3, -0.25) is 0 Å². The molecule has 0 aliphatic heterocycles. The Balaban J connectivity index is 0.901.